The molecule has 1 aromatic carbocycles. The molecule has 0 spiro atoms. The lowest BCUT2D eigenvalue weighted by molar-refractivity contribution is 0.00200. The maximum atomic E-state index is 14.1. The minimum absolute atomic E-state index is 0.147. The van der Waals surface area contributed by atoms with Gasteiger partial charge in [-0.1, -0.05) is 26.8 Å². The highest BCUT2D eigenvalue weighted by Crippen LogP contribution is 2.27. The van der Waals surface area contributed by atoms with E-state index in [9.17, 15) is 8.78 Å². The first kappa shape index (κ1) is 17.1. The molecule has 1 rings (SSSR count). The smallest absolute Gasteiger partial charge is 0.130 e. The van der Waals surface area contributed by atoms with Gasteiger partial charge in [-0.2, -0.15) is 0 Å². The summed E-state index contributed by atoms with van der Waals surface area (Å²) >= 11 is 0. The zero-order valence-corrected chi connectivity index (χ0v) is 12.7. The second kappa shape index (κ2) is 8.32. The molecule has 0 fully saturated rings. The zero-order valence-electron chi connectivity index (χ0n) is 12.7. The number of nitrogens with one attached hydrogen (secondary N) is 1. The molecule has 0 aromatic heterocycles. The van der Waals surface area contributed by atoms with Crippen LogP contribution in [0.5, 0.6) is 0 Å². The van der Waals surface area contributed by atoms with Crippen LogP contribution in [0.4, 0.5) is 8.78 Å². The fraction of sp³-hybridized carbons (Fsp3) is 0.625. The first-order valence-electron chi connectivity index (χ1n) is 7.31. The van der Waals surface area contributed by atoms with Crippen LogP contribution in [0, 0.1) is 17.6 Å². The van der Waals surface area contributed by atoms with Gasteiger partial charge in [0.25, 0.3) is 0 Å². The van der Waals surface area contributed by atoms with E-state index in [1.165, 1.54) is 12.1 Å². The van der Waals surface area contributed by atoms with Crippen molar-refractivity contribution in [2.75, 3.05) is 13.2 Å². The normalized spacial score (nSPS) is 14.6. The summed E-state index contributed by atoms with van der Waals surface area (Å²) in [5.74, 6) is -0.851. The van der Waals surface area contributed by atoms with Crippen molar-refractivity contribution < 1.29 is 13.5 Å². The molecule has 2 unspecified atom stereocenters. The minimum atomic E-state index is -0.557. The van der Waals surface area contributed by atoms with Crippen LogP contribution in [0.1, 0.15) is 45.7 Å². The molecule has 0 bridgehead atoms. The molecule has 1 aromatic rings. The molecule has 114 valence electrons. The quantitative estimate of drug-likeness (QED) is 0.777. The predicted molar refractivity (Wildman–Crippen MR) is 77.6 cm³/mol. The maximum Gasteiger partial charge on any atom is 0.130 e. The van der Waals surface area contributed by atoms with Gasteiger partial charge in [-0.25, -0.2) is 8.78 Å². The van der Waals surface area contributed by atoms with Crippen LogP contribution in [0.15, 0.2) is 18.2 Å². The third kappa shape index (κ3) is 4.53. The highest BCUT2D eigenvalue weighted by Gasteiger charge is 2.28. The maximum absolute atomic E-state index is 14.1. The zero-order chi connectivity index (χ0) is 15.1. The molecular weight excluding hydrogens is 260 g/mol. The molecule has 0 aliphatic rings. The van der Waals surface area contributed by atoms with Crippen molar-refractivity contribution in [3.05, 3.63) is 35.4 Å². The summed E-state index contributed by atoms with van der Waals surface area (Å²) in [6.45, 7) is 9.39. The third-order valence-corrected chi connectivity index (χ3v) is 3.26. The van der Waals surface area contributed by atoms with E-state index in [2.05, 4.69) is 12.2 Å². The van der Waals surface area contributed by atoms with Crippen molar-refractivity contribution in [1.29, 1.82) is 0 Å². The Morgan fingerprint density at radius 1 is 1.20 bits per heavy atom. The molecule has 1 N–H and O–H groups in total. The molecule has 0 heterocycles. The van der Waals surface area contributed by atoms with Crippen molar-refractivity contribution in [2.45, 2.75) is 46.3 Å². The largest absolute Gasteiger partial charge is 0.376 e. The van der Waals surface area contributed by atoms with Crippen molar-refractivity contribution >= 4 is 0 Å². The summed E-state index contributed by atoms with van der Waals surface area (Å²) in [4.78, 5) is 0. The monoisotopic (exact) mass is 285 g/mol. The highest BCUT2D eigenvalue weighted by molar-refractivity contribution is 5.23. The van der Waals surface area contributed by atoms with Gasteiger partial charge in [0.2, 0.25) is 0 Å². The lowest BCUT2D eigenvalue weighted by atomic mass is 9.92. The standard InChI is InChI=1S/C16H25F2NO/c1-5-9-19-15(16(11(3)4)20-6-2)13-8-7-12(17)10-14(13)18/h7-8,10-11,15-16,19H,5-6,9H2,1-4H3. The summed E-state index contributed by atoms with van der Waals surface area (Å²) in [5, 5.41) is 3.32. The second-order valence-electron chi connectivity index (χ2n) is 5.26. The first-order valence-corrected chi connectivity index (χ1v) is 7.31. The van der Waals surface area contributed by atoms with Gasteiger partial charge in [0.15, 0.2) is 0 Å². The lowest BCUT2D eigenvalue weighted by Crippen LogP contribution is -2.38. The Hall–Kier alpha value is -1.00. The van der Waals surface area contributed by atoms with Gasteiger partial charge in [-0.05, 0) is 31.9 Å². The van der Waals surface area contributed by atoms with Crippen LogP contribution in [0.25, 0.3) is 0 Å². The molecule has 0 amide bonds. The Labute approximate surface area is 120 Å². The predicted octanol–water partition coefficient (Wildman–Crippen LogP) is 4.07. The lowest BCUT2D eigenvalue weighted by Gasteiger charge is -2.31. The Kier molecular flexibility index (Phi) is 7.10. The van der Waals surface area contributed by atoms with Crippen LogP contribution < -0.4 is 5.32 Å². The molecule has 0 aliphatic carbocycles. The summed E-state index contributed by atoms with van der Waals surface area (Å²) in [7, 11) is 0. The van der Waals surface area contributed by atoms with Gasteiger partial charge in [-0.15, -0.1) is 0 Å². The Balaban J connectivity index is 3.08. The number of halogens is 2. The summed E-state index contributed by atoms with van der Waals surface area (Å²) in [6.07, 6.45) is 0.794. The number of rotatable bonds is 8. The summed E-state index contributed by atoms with van der Waals surface area (Å²) in [6, 6.07) is 3.46. The van der Waals surface area contributed by atoms with Crippen LogP contribution in [-0.2, 0) is 4.74 Å². The van der Waals surface area contributed by atoms with Crippen molar-refractivity contribution in [2.24, 2.45) is 5.92 Å². The van der Waals surface area contributed by atoms with Gasteiger partial charge >= 0.3 is 0 Å². The van der Waals surface area contributed by atoms with E-state index in [0.29, 0.717) is 12.2 Å². The van der Waals surface area contributed by atoms with Gasteiger partial charge in [0.05, 0.1) is 12.1 Å². The van der Waals surface area contributed by atoms with E-state index in [4.69, 9.17) is 4.74 Å². The summed E-state index contributed by atoms with van der Waals surface area (Å²) < 4.78 is 32.9. The van der Waals surface area contributed by atoms with Crippen molar-refractivity contribution in [3.63, 3.8) is 0 Å². The Morgan fingerprint density at radius 2 is 1.90 bits per heavy atom. The van der Waals surface area contributed by atoms with E-state index in [0.717, 1.165) is 19.0 Å². The van der Waals surface area contributed by atoms with Gasteiger partial charge in [-0.3, -0.25) is 0 Å². The van der Waals surface area contributed by atoms with E-state index in [1.807, 2.05) is 20.8 Å². The molecule has 4 heteroatoms. The van der Waals surface area contributed by atoms with E-state index in [-0.39, 0.29) is 18.1 Å². The fourth-order valence-electron chi connectivity index (χ4n) is 2.32. The molecule has 0 saturated heterocycles. The van der Waals surface area contributed by atoms with Crippen LogP contribution in [-0.4, -0.2) is 19.3 Å². The number of benzene rings is 1. The SMILES string of the molecule is CCCNC(c1ccc(F)cc1F)C(OCC)C(C)C. The Morgan fingerprint density at radius 3 is 2.40 bits per heavy atom. The van der Waals surface area contributed by atoms with E-state index < -0.39 is 11.6 Å². The van der Waals surface area contributed by atoms with Gasteiger partial charge in [0.1, 0.15) is 11.6 Å². The average Bonchev–Trinajstić information content (AvgIpc) is 2.39. The third-order valence-electron chi connectivity index (χ3n) is 3.26. The van der Waals surface area contributed by atoms with Gasteiger partial charge in [0, 0.05) is 18.2 Å². The van der Waals surface area contributed by atoms with E-state index in [1.54, 1.807) is 0 Å². The van der Waals surface area contributed by atoms with Gasteiger partial charge < -0.3 is 10.1 Å². The number of ether oxygens (including phenoxy) is 1. The molecule has 2 atom stereocenters. The minimum Gasteiger partial charge on any atom is -0.376 e. The second-order valence-corrected chi connectivity index (χ2v) is 5.26. The molecular formula is C16H25F2NO. The Bertz CT molecular complexity index is 409. The number of hydrogen-bond donors (Lipinski definition) is 1. The van der Waals surface area contributed by atoms with E-state index >= 15 is 0 Å². The molecule has 0 saturated carbocycles. The topological polar surface area (TPSA) is 21.3 Å². The summed E-state index contributed by atoms with van der Waals surface area (Å²) in [5.41, 5.74) is 0.465. The fourth-order valence-corrected chi connectivity index (χ4v) is 2.32. The van der Waals surface area contributed by atoms with Crippen LogP contribution in [0.3, 0.4) is 0 Å². The van der Waals surface area contributed by atoms with Crippen LogP contribution >= 0.6 is 0 Å². The molecule has 0 radical (unpaired) electrons. The van der Waals surface area contributed by atoms with Crippen molar-refractivity contribution in [3.8, 4) is 0 Å². The molecule has 2 nitrogen and oxygen atoms in total. The highest BCUT2D eigenvalue weighted by atomic mass is 19.1. The van der Waals surface area contributed by atoms with Crippen LogP contribution in [0.2, 0.25) is 0 Å². The molecule has 20 heavy (non-hydrogen) atoms. The molecule has 0 aliphatic heterocycles. The average molecular weight is 285 g/mol. The van der Waals surface area contributed by atoms with Crippen molar-refractivity contribution in [1.82, 2.24) is 5.32 Å². The number of hydrogen-bond acceptors (Lipinski definition) is 2. The first-order chi connectivity index (χ1) is 9.51.